The van der Waals surface area contributed by atoms with Gasteiger partial charge < -0.3 is 4.84 Å². The SMILES string of the molecule is CCCCn1nc(C(C)(C)C)sc1=NC(=O)c1cc(C(F)(F)F)ccc1O/N=C(/C)C(C)=O. The summed E-state index contributed by atoms with van der Waals surface area (Å²) in [6.07, 6.45) is -2.98. The Labute approximate surface area is 194 Å². The molecule has 0 fully saturated rings. The molecule has 0 saturated carbocycles. The van der Waals surface area contributed by atoms with Gasteiger partial charge in [-0.1, -0.05) is 50.6 Å². The Morgan fingerprint density at radius 2 is 1.85 bits per heavy atom. The fourth-order valence-corrected chi connectivity index (χ4v) is 3.42. The minimum Gasteiger partial charge on any atom is -0.356 e. The molecule has 0 aliphatic heterocycles. The summed E-state index contributed by atoms with van der Waals surface area (Å²) in [6.45, 7) is 11.1. The lowest BCUT2D eigenvalue weighted by atomic mass is 9.98. The average Bonchev–Trinajstić information content (AvgIpc) is 3.12. The van der Waals surface area contributed by atoms with Crippen LogP contribution < -0.4 is 9.64 Å². The van der Waals surface area contributed by atoms with E-state index in [1.165, 1.54) is 25.2 Å². The Balaban J connectivity index is 2.61. The molecule has 2 aromatic rings. The van der Waals surface area contributed by atoms with E-state index in [9.17, 15) is 22.8 Å². The number of aromatic nitrogens is 2. The summed E-state index contributed by atoms with van der Waals surface area (Å²) in [5, 5.41) is 8.89. The highest BCUT2D eigenvalue weighted by Crippen LogP contribution is 2.33. The molecule has 1 heterocycles. The van der Waals surface area contributed by atoms with Crippen molar-refractivity contribution in [3.05, 3.63) is 39.1 Å². The number of halogens is 3. The van der Waals surface area contributed by atoms with Crippen LogP contribution in [-0.2, 0) is 22.9 Å². The van der Waals surface area contributed by atoms with E-state index in [1.807, 2.05) is 27.7 Å². The van der Waals surface area contributed by atoms with E-state index < -0.39 is 23.2 Å². The van der Waals surface area contributed by atoms with E-state index >= 15 is 0 Å². The number of aryl methyl sites for hydroxylation is 1. The van der Waals surface area contributed by atoms with Gasteiger partial charge in [0.25, 0.3) is 5.91 Å². The van der Waals surface area contributed by atoms with Gasteiger partial charge in [-0.2, -0.15) is 23.3 Å². The molecule has 0 saturated heterocycles. The second-order valence-electron chi connectivity index (χ2n) is 8.47. The third-order valence-corrected chi connectivity index (χ3v) is 5.88. The summed E-state index contributed by atoms with van der Waals surface area (Å²) in [4.78, 5) is 33.9. The number of carbonyl (C=O) groups excluding carboxylic acids is 2. The number of ketones is 1. The molecule has 1 aromatic carbocycles. The molecular weight excluding hydrogens is 457 g/mol. The maximum absolute atomic E-state index is 13.3. The summed E-state index contributed by atoms with van der Waals surface area (Å²) in [5.74, 6) is -1.55. The van der Waals surface area contributed by atoms with E-state index in [1.54, 1.807) is 4.68 Å². The number of alkyl halides is 3. The van der Waals surface area contributed by atoms with Crippen molar-refractivity contribution in [3.63, 3.8) is 0 Å². The number of oxime groups is 1. The molecule has 0 spiro atoms. The molecule has 2 rings (SSSR count). The van der Waals surface area contributed by atoms with Crippen molar-refractivity contribution in [1.82, 2.24) is 9.78 Å². The van der Waals surface area contributed by atoms with Crippen LogP contribution in [0.3, 0.4) is 0 Å². The lowest BCUT2D eigenvalue weighted by Gasteiger charge is -2.12. The van der Waals surface area contributed by atoms with E-state index in [-0.39, 0.29) is 27.5 Å². The first-order valence-electron chi connectivity index (χ1n) is 10.3. The predicted octanol–water partition coefficient (Wildman–Crippen LogP) is 5.15. The molecule has 0 atom stereocenters. The molecule has 33 heavy (non-hydrogen) atoms. The van der Waals surface area contributed by atoms with Crippen LogP contribution in [0.1, 0.15) is 75.3 Å². The number of unbranched alkanes of at least 4 members (excludes halogenated alkanes) is 1. The smallest absolute Gasteiger partial charge is 0.356 e. The van der Waals surface area contributed by atoms with Gasteiger partial charge in [-0.05, 0) is 31.5 Å². The van der Waals surface area contributed by atoms with Gasteiger partial charge in [-0.15, -0.1) is 0 Å². The number of amides is 1. The lowest BCUT2D eigenvalue weighted by Crippen LogP contribution is -2.19. The number of hydrogen-bond acceptors (Lipinski definition) is 6. The predicted molar refractivity (Wildman–Crippen MR) is 119 cm³/mol. The molecule has 0 radical (unpaired) electrons. The van der Waals surface area contributed by atoms with Crippen molar-refractivity contribution in [2.45, 2.75) is 72.5 Å². The van der Waals surface area contributed by atoms with E-state index in [2.05, 4.69) is 15.2 Å². The summed E-state index contributed by atoms with van der Waals surface area (Å²) in [5.41, 5.74) is -1.74. The van der Waals surface area contributed by atoms with Crippen LogP contribution in [0.2, 0.25) is 0 Å². The highest BCUT2D eigenvalue weighted by molar-refractivity contribution is 7.09. The van der Waals surface area contributed by atoms with E-state index in [0.717, 1.165) is 30.0 Å². The molecule has 7 nitrogen and oxygen atoms in total. The number of hydrogen-bond donors (Lipinski definition) is 0. The van der Waals surface area contributed by atoms with Gasteiger partial charge in [0.2, 0.25) is 4.80 Å². The number of carbonyl (C=O) groups is 2. The number of rotatable bonds is 7. The second kappa shape index (κ2) is 10.4. The van der Waals surface area contributed by atoms with Crippen LogP contribution in [-0.4, -0.2) is 27.2 Å². The van der Waals surface area contributed by atoms with Crippen LogP contribution in [0.15, 0.2) is 28.3 Å². The van der Waals surface area contributed by atoms with Crippen molar-refractivity contribution < 1.29 is 27.6 Å². The first-order chi connectivity index (χ1) is 15.2. The van der Waals surface area contributed by atoms with Crippen LogP contribution in [0.4, 0.5) is 13.2 Å². The lowest BCUT2D eigenvalue weighted by molar-refractivity contribution is -0.137. The van der Waals surface area contributed by atoms with Gasteiger partial charge in [0.05, 0.1) is 11.1 Å². The van der Waals surface area contributed by atoms with Crippen LogP contribution in [0.25, 0.3) is 0 Å². The maximum atomic E-state index is 13.3. The summed E-state index contributed by atoms with van der Waals surface area (Å²) < 4.78 is 41.4. The number of Topliss-reactive ketones (excluding diaryl/α,β-unsaturated/α-hetero) is 1. The van der Waals surface area contributed by atoms with Crippen molar-refractivity contribution in [2.24, 2.45) is 10.1 Å². The topological polar surface area (TPSA) is 85.9 Å². The van der Waals surface area contributed by atoms with E-state index in [0.29, 0.717) is 12.6 Å². The Hall–Kier alpha value is -2.82. The van der Waals surface area contributed by atoms with Gasteiger partial charge in [-0.25, -0.2) is 4.68 Å². The van der Waals surface area contributed by atoms with Crippen LogP contribution in [0.5, 0.6) is 5.75 Å². The highest BCUT2D eigenvalue weighted by Gasteiger charge is 2.32. The minimum absolute atomic E-state index is 0.0000751. The minimum atomic E-state index is -4.67. The zero-order chi connectivity index (χ0) is 25.0. The second-order valence-corrected chi connectivity index (χ2v) is 9.42. The van der Waals surface area contributed by atoms with Gasteiger partial charge in [0.1, 0.15) is 10.7 Å². The van der Waals surface area contributed by atoms with Crippen molar-refractivity contribution in [3.8, 4) is 5.75 Å². The third-order valence-electron chi connectivity index (χ3n) is 4.51. The Kier molecular flexibility index (Phi) is 8.34. The van der Waals surface area contributed by atoms with Crippen molar-refractivity contribution >= 4 is 28.7 Å². The van der Waals surface area contributed by atoms with Gasteiger partial charge in [0.15, 0.2) is 11.5 Å². The first-order valence-corrected chi connectivity index (χ1v) is 11.2. The average molecular weight is 485 g/mol. The standard InChI is InChI=1S/C22H27F3N4O3S/c1-7-8-11-29-20(33-19(27-29)21(4,5)6)26-18(31)16-12-15(22(23,24)25)9-10-17(16)32-28-13(2)14(3)30/h9-10,12H,7-8,11H2,1-6H3/b26-20?,28-13-. The Morgan fingerprint density at radius 1 is 1.18 bits per heavy atom. The zero-order valence-corrected chi connectivity index (χ0v) is 20.2. The molecule has 1 amide bonds. The summed E-state index contributed by atoms with van der Waals surface area (Å²) in [6, 6.07) is 2.43. The molecule has 0 bridgehead atoms. The van der Waals surface area contributed by atoms with Gasteiger partial charge in [0, 0.05) is 18.9 Å². The molecule has 11 heteroatoms. The molecular formula is C22H27F3N4O3S. The molecule has 0 aliphatic rings. The summed E-state index contributed by atoms with van der Waals surface area (Å²) >= 11 is 1.21. The Bertz CT molecular complexity index is 1130. The third kappa shape index (κ3) is 7.08. The number of benzene rings is 1. The highest BCUT2D eigenvalue weighted by atomic mass is 32.1. The fraction of sp³-hybridized carbons (Fsp3) is 0.500. The van der Waals surface area contributed by atoms with Gasteiger partial charge >= 0.3 is 6.18 Å². The zero-order valence-electron chi connectivity index (χ0n) is 19.4. The number of nitrogens with zero attached hydrogens (tertiary/aromatic N) is 4. The molecule has 0 unspecified atom stereocenters. The monoisotopic (exact) mass is 484 g/mol. The fourth-order valence-electron chi connectivity index (χ4n) is 2.43. The largest absolute Gasteiger partial charge is 0.416 e. The van der Waals surface area contributed by atoms with Crippen molar-refractivity contribution in [2.75, 3.05) is 0 Å². The van der Waals surface area contributed by atoms with Gasteiger partial charge in [-0.3, -0.25) is 9.59 Å². The molecule has 0 aliphatic carbocycles. The van der Waals surface area contributed by atoms with E-state index in [4.69, 9.17) is 4.84 Å². The first kappa shape index (κ1) is 26.4. The van der Waals surface area contributed by atoms with Crippen molar-refractivity contribution in [1.29, 1.82) is 0 Å². The molecule has 1 aromatic heterocycles. The quantitative estimate of drug-likeness (QED) is 0.402. The van der Waals surface area contributed by atoms with Crippen LogP contribution >= 0.6 is 11.3 Å². The summed E-state index contributed by atoms with van der Waals surface area (Å²) in [7, 11) is 0. The molecule has 0 N–H and O–H groups in total. The maximum Gasteiger partial charge on any atom is 0.416 e. The normalized spacial score (nSPS) is 13.4. The Morgan fingerprint density at radius 3 is 2.39 bits per heavy atom. The van der Waals surface area contributed by atoms with Crippen LogP contribution in [0, 0.1) is 0 Å². The molecule has 180 valence electrons.